The summed E-state index contributed by atoms with van der Waals surface area (Å²) in [6.07, 6.45) is 1.20. The van der Waals surface area contributed by atoms with E-state index in [0.717, 1.165) is 0 Å². The van der Waals surface area contributed by atoms with Gasteiger partial charge >= 0.3 is 5.97 Å². The van der Waals surface area contributed by atoms with Crippen molar-refractivity contribution in [3.05, 3.63) is 64.0 Å². The molecule has 196 valence electrons. The number of carbonyl (C=O) groups excluding carboxylic acids is 1. The van der Waals surface area contributed by atoms with Crippen molar-refractivity contribution in [2.45, 2.75) is 12.3 Å². The van der Waals surface area contributed by atoms with Gasteiger partial charge in [-0.25, -0.2) is 0 Å². The summed E-state index contributed by atoms with van der Waals surface area (Å²) < 4.78 is 32.6. The first-order valence-corrected chi connectivity index (χ1v) is 11.5. The molecule has 0 radical (unpaired) electrons. The molecule has 0 bridgehead atoms. The van der Waals surface area contributed by atoms with E-state index in [1.165, 1.54) is 40.8 Å². The first-order valence-electron chi connectivity index (χ1n) is 11.5. The number of benzene rings is 3. The van der Waals surface area contributed by atoms with Gasteiger partial charge in [0.15, 0.2) is 23.0 Å². The van der Waals surface area contributed by atoms with Crippen LogP contribution in [0, 0.1) is 0 Å². The Balaban J connectivity index is 1.75. The fourth-order valence-corrected chi connectivity index (χ4v) is 4.73. The second kappa shape index (κ2) is 9.55. The number of carbonyl (C=O) groups is 1. The lowest BCUT2D eigenvalue weighted by Crippen LogP contribution is -2.22. The van der Waals surface area contributed by atoms with Gasteiger partial charge in [-0.05, 0) is 35.4 Å². The second-order valence-electron chi connectivity index (χ2n) is 8.56. The number of phenolic OH excluding ortho intramolecular Hbond substituents is 2. The van der Waals surface area contributed by atoms with Gasteiger partial charge in [0.1, 0.15) is 28.7 Å². The minimum atomic E-state index is -0.659. The maximum atomic E-state index is 13.7. The number of phenols is 2. The molecule has 0 unspecified atom stereocenters. The fraction of sp³-hybridized carbons (Fsp3) is 0.214. The minimum Gasteiger partial charge on any atom is -0.507 e. The summed E-state index contributed by atoms with van der Waals surface area (Å²) in [5.41, 5.74) is 1.20. The third kappa shape index (κ3) is 3.90. The highest BCUT2D eigenvalue weighted by atomic mass is 16.5. The lowest BCUT2D eigenvalue weighted by molar-refractivity contribution is -0.135. The van der Waals surface area contributed by atoms with Crippen LogP contribution in [0.5, 0.6) is 40.2 Å². The lowest BCUT2D eigenvalue weighted by Gasteiger charge is -2.26. The van der Waals surface area contributed by atoms with Crippen LogP contribution in [0.1, 0.15) is 23.5 Å². The van der Waals surface area contributed by atoms with E-state index in [2.05, 4.69) is 0 Å². The van der Waals surface area contributed by atoms with Gasteiger partial charge in [0.05, 0.1) is 40.4 Å². The molecule has 0 amide bonds. The van der Waals surface area contributed by atoms with Gasteiger partial charge in [0, 0.05) is 17.5 Å². The molecule has 0 spiro atoms. The van der Waals surface area contributed by atoms with Crippen molar-refractivity contribution in [1.29, 1.82) is 0 Å². The number of rotatable bonds is 6. The van der Waals surface area contributed by atoms with Gasteiger partial charge in [0.25, 0.3) is 0 Å². The second-order valence-corrected chi connectivity index (χ2v) is 8.56. The molecule has 1 aromatic heterocycles. The van der Waals surface area contributed by atoms with Crippen LogP contribution >= 0.6 is 0 Å². The summed E-state index contributed by atoms with van der Waals surface area (Å²) in [5.74, 6) is -0.554. The van der Waals surface area contributed by atoms with Crippen LogP contribution in [-0.2, 0) is 4.79 Å². The topological polar surface area (TPSA) is 134 Å². The van der Waals surface area contributed by atoms with E-state index in [1.807, 2.05) is 0 Å². The van der Waals surface area contributed by atoms with E-state index in [4.69, 9.17) is 28.1 Å². The van der Waals surface area contributed by atoms with E-state index in [9.17, 15) is 19.8 Å². The smallest absolute Gasteiger partial charge is 0.312 e. The largest absolute Gasteiger partial charge is 0.507 e. The molecule has 10 heteroatoms. The highest BCUT2D eigenvalue weighted by Gasteiger charge is 2.34. The number of methoxy groups -OCH3 is 4. The van der Waals surface area contributed by atoms with Crippen LogP contribution in [-0.4, -0.2) is 44.6 Å². The normalized spacial score (nSPS) is 14.5. The van der Waals surface area contributed by atoms with Crippen LogP contribution in [0.2, 0.25) is 0 Å². The molecule has 10 nitrogen and oxygen atoms in total. The van der Waals surface area contributed by atoms with Crippen LogP contribution < -0.4 is 29.1 Å². The summed E-state index contributed by atoms with van der Waals surface area (Å²) in [4.78, 5) is 26.2. The average molecular weight is 520 g/mol. The van der Waals surface area contributed by atoms with Gasteiger partial charge in [-0.1, -0.05) is 6.07 Å². The Morgan fingerprint density at radius 3 is 2.13 bits per heavy atom. The summed E-state index contributed by atoms with van der Waals surface area (Å²) in [6.45, 7) is 0. The van der Waals surface area contributed by atoms with Crippen molar-refractivity contribution in [3.8, 4) is 51.4 Å². The van der Waals surface area contributed by atoms with Crippen molar-refractivity contribution in [3.63, 3.8) is 0 Å². The van der Waals surface area contributed by atoms with Crippen molar-refractivity contribution in [2.75, 3.05) is 28.4 Å². The molecule has 4 aromatic rings. The lowest BCUT2D eigenvalue weighted by atomic mass is 9.84. The van der Waals surface area contributed by atoms with E-state index < -0.39 is 23.1 Å². The molecular formula is C28H24O10. The third-order valence-corrected chi connectivity index (χ3v) is 6.57. The Labute approximate surface area is 216 Å². The monoisotopic (exact) mass is 520 g/mol. The molecule has 2 heterocycles. The summed E-state index contributed by atoms with van der Waals surface area (Å²) >= 11 is 0. The van der Waals surface area contributed by atoms with Crippen molar-refractivity contribution >= 4 is 16.9 Å². The molecule has 5 rings (SSSR count). The molecular weight excluding hydrogens is 496 g/mol. The van der Waals surface area contributed by atoms with Gasteiger partial charge in [0.2, 0.25) is 11.2 Å². The molecule has 0 saturated heterocycles. The molecule has 0 aliphatic carbocycles. The van der Waals surface area contributed by atoms with Crippen LogP contribution in [0.4, 0.5) is 0 Å². The third-order valence-electron chi connectivity index (χ3n) is 6.57. The molecule has 1 aliphatic heterocycles. The number of esters is 1. The zero-order valence-corrected chi connectivity index (χ0v) is 21.0. The Morgan fingerprint density at radius 1 is 0.842 bits per heavy atom. The van der Waals surface area contributed by atoms with E-state index in [-0.39, 0.29) is 46.0 Å². The molecule has 2 N–H and O–H groups in total. The average Bonchev–Trinajstić information content (AvgIpc) is 2.92. The molecule has 0 fully saturated rings. The Bertz CT molecular complexity index is 1610. The van der Waals surface area contributed by atoms with Crippen molar-refractivity contribution in [2.24, 2.45) is 0 Å². The first-order chi connectivity index (χ1) is 18.3. The number of hydrogen-bond donors (Lipinski definition) is 2. The van der Waals surface area contributed by atoms with E-state index in [1.54, 1.807) is 30.3 Å². The van der Waals surface area contributed by atoms with Crippen LogP contribution in [0.15, 0.2) is 51.9 Å². The fourth-order valence-electron chi connectivity index (χ4n) is 4.73. The van der Waals surface area contributed by atoms with E-state index >= 15 is 0 Å². The summed E-state index contributed by atoms with van der Waals surface area (Å²) in [7, 11) is 5.77. The number of aromatic hydroxyl groups is 2. The summed E-state index contributed by atoms with van der Waals surface area (Å²) in [5, 5.41) is 21.1. The zero-order chi connectivity index (χ0) is 27.1. The predicted octanol–water partition coefficient (Wildman–Crippen LogP) is 4.35. The number of ether oxygens (including phenoxy) is 5. The molecule has 1 aliphatic rings. The quantitative estimate of drug-likeness (QED) is 0.279. The van der Waals surface area contributed by atoms with E-state index in [0.29, 0.717) is 28.2 Å². The van der Waals surface area contributed by atoms with Crippen molar-refractivity contribution in [1.82, 2.24) is 0 Å². The highest BCUT2D eigenvalue weighted by molar-refractivity contribution is 5.94. The zero-order valence-electron chi connectivity index (χ0n) is 21.0. The highest BCUT2D eigenvalue weighted by Crippen LogP contribution is 2.48. The van der Waals surface area contributed by atoms with Gasteiger partial charge in [-0.3, -0.25) is 9.59 Å². The summed E-state index contributed by atoms with van der Waals surface area (Å²) in [6, 6.07) is 9.33. The SMILES string of the molecule is COc1ccc(-c2coc3c4c(cc(O)c3c2=O)OC(=O)C[C@@H]4c2cc(OC)c(O)c(OC)c2)cc1OC. The van der Waals surface area contributed by atoms with Gasteiger partial charge < -0.3 is 38.3 Å². The maximum absolute atomic E-state index is 13.7. The molecule has 1 atom stereocenters. The number of fused-ring (bicyclic) bond motifs is 3. The Kier molecular flexibility index (Phi) is 6.23. The molecule has 0 saturated carbocycles. The van der Waals surface area contributed by atoms with Gasteiger partial charge in [-0.15, -0.1) is 0 Å². The molecule has 3 aromatic carbocycles. The van der Waals surface area contributed by atoms with Crippen molar-refractivity contribution < 1.29 is 43.1 Å². The van der Waals surface area contributed by atoms with Crippen LogP contribution in [0.25, 0.3) is 22.1 Å². The Morgan fingerprint density at radius 2 is 1.50 bits per heavy atom. The predicted molar refractivity (Wildman–Crippen MR) is 136 cm³/mol. The standard InChI is InChI=1S/C28H24O10/c1-33-18-6-5-13(7-19(18)34-2)16-12-37-28-24-15(14-8-21(35-3)27(32)22(9-14)36-4)10-23(30)38-20(24)11-17(29)25(28)26(16)31/h5-9,11-12,15,29,32H,10H2,1-4H3/t15-/m1/s1. The number of hydrogen-bond acceptors (Lipinski definition) is 10. The first kappa shape index (κ1) is 24.8. The van der Waals surface area contributed by atoms with Gasteiger partial charge in [-0.2, -0.15) is 0 Å². The maximum Gasteiger partial charge on any atom is 0.312 e. The Hall–Kier alpha value is -4.86. The van der Waals surface area contributed by atoms with Crippen LogP contribution in [0.3, 0.4) is 0 Å². The molecule has 38 heavy (non-hydrogen) atoms. The minimum absolute atomic E-state index is 0.0595.